The number of amides is 2. The molecule has 0 aromatic heterocycles. The summed E-state index contributed by atoms with van der Waals surface area (Å²) in [7, 11) is 0. The molecule has 1 aliphatic heterocycles. The first-order valence-corrected chi connectivity index (χ1v) is 7.92. The fourth-order valence-electron chi connectivity index (χ4n) is 3.37. The number of urea groups is 1. The lowest BCUT2D eigenvalue weighted by Crippen LogP contribution is -2.46. The van der Waals surface area contributed by atoms with Crippen LogP contribution in [0.15, 0.2) is 0 Å². The van der Waals surface area contributed by atoms with Crippen LogP contribution in [0.1, 0.15) is 45.4 Å². The number of carbonyl (C=O) groups is 2. The second kappa shape index (κ2) is 7.11. The zero-order chi connectivity index (χ0) is 15.4. The summed E-state index contributed by atoms with van der Waals surface area (Å²) in [6, 6.07) is -1.28. The molecule has 3 N–H and O–H groups in total. The number of β-amino-alcohol motifs (C(OH)–C–C–N with tert-alkyl or cyclic N) is 1. The summed E-state index contributed by atoms with van der Waals surface area (Å²) in [5, 5.41) is 21.4. The molecule has 1 saturated heterocycles. The van der Waals surface area contributed by atoms with Crippen LogP contribution in [-0.4, -0.2) is 52.3 Å². The Balaban J connectivity index is 1.73. The number of nitrogens with zero attached hydrogens (tertiary/aromatic N) is 1. The van der Waals surface area contributed by atoms with E-state index in [1.807, 2.05) is 0 Å². The van der Waals surface area contributed by atoms with Gasteiger partial charge in [-0.3, -0.25) is 0 Å². The molecule has 6 heteroatoms. The highest BCUT2D eigenvalue weighted by atomic mass is 16.4. The van der Waals surface area contributed by atoms with Crippen LogP contribution in [0.2, 0.25) is 0 Å². The molecule has 6 nitrogen and oxygen atoms in total. The molecule has 1 aliphatic carbocycles. The van der Waals surface area contributed by atoms with Crippen molar-refractivity contribution in [2.24, 2.45) is 11.8 Å². The monoisotopic (exact) mass is 298 g/mol. The molecule has 1 heterocycles. The van der Waals surface area contributed by atoms with Crippen LogP contribution >= 0.6 is 0 Å². The van der Waals surface area contributed by atoms with Crippen LogP contribution in [0.4, 0.5) is 4.79 Å². The van der Waals surface area contributed by atoms with Crippen molar-refractivity contribution in [2.75, 3.05) is 13.1 Å². The molecular weight excluding hydrogens is 272 g/mol. The molecular formula is C15H26N2O4. The van der Waals surface area contributed by atoms with Crippen molar-refractivity contribution < 1.29 is 19.8 Å². The second-order valence-electron chi connectivity index (χ2n) is 6.54. The number of carboxylic acids is 1. The molecule has 2 fully saturated rings. The number of rotatable bonds is 4. The average molecular weight is 298 g/mol. The van der Waals surface area contributed by atoms with E-state index in [-0.39, 0.29) is 19.0 Å². The topological polar surface area (TPSA) is 89.9 Å². The van der Waals surface area contributed by atoms with E-state index in [0.717, 1.165) is 12.3 Å². The van der Waals surface area contributed by atoms with Gasteiger partial charge in [0.05, 0.1) is 6.10 Å². The summed E-state index contributed by atoms with van der Waals surface area (Å²) in [4.78, 5) is 24.4. The third-order valence-corrected chi connectivity index (χ3v) is 4.79. The number of aliphatic hydroxyl groups excluding tert-OH is 1. The Morgan fingerprint density at radius 3 is 2.52 bits per heavy atom. The van der Waals surface area contributed by atoms with Crippen molar-refractivity contribution in [2.45, 2.75) is 57.6 Å². The molecule has 0 aromatic rings. The van der Waals surface area contributed by atoms with E-state index in [0.29, 0.717) is 12.5 Å². The highest BCUT2D eigenvalue weighted by Gasteiger charge is 2.38. The molecule has 1 saturated carbocycles. The van der Waals surface area contributed by atoms with Gasteiger partial charge in [0.2, 0.25) is 0 Å². The maximum absolute atomic E-state index is 12.0. The number of carboxylic acid groups (broad SMARTS) is 1. The first kappa shape index (κ1) is 16.1. The Labute approximate surface area is 125 Å². The molecule has 2 amide bonds. The van der Waals surface area contributed by atoms with E-state index in [9.17, 15) is 14.7 Å². The van der Waals surface area contributed by atoms with Crippen LogP contribution in [-0.2, 0) is 4.79 Å². The van der Waals surface area contributed by atoms with E-state index >= 15 is 0 Å². The van der Waals surface area contributed by atoms with Crippen molar-refractivity contribution in [1.82, 2.24) is 10.2 Å². The van der Waals surface area contributed by atoms with Crippen LogP contribution in [0.5, 0.6) is 0 Å². The van der Waals surface area contributed by atoms with E-state index < -0.39 is 18.1 Å². The van der Waals surface area contributed by atoms with Gasteiger partial charge in [-0.1, -0.05) is 32.6 Å². The molecule has 2 atom stereocenters. The standard InChI is InChI=1S/C15H26N2O4/c1-10-2-4-11(5-3-10)6-7-16-15(21)17-9-12(18)8-13(17)14(19)20/h10-13,18H,2-9H2,1H3,(H,16,21)(H,19,20)/t10?,11?,12-,13-/m0/s1. The Kier molecular flexibility index (Phi) is 5.45. The summed E-state index contributed by atoms with van der Waals surface area (Å²) < 4.78 is 0. The molecule has 0 aromatic carbocycles. The van der Waals surface area contributed by atoms with E-state index in [2.05, 4.69) is 12.2 Å². The van der Waals surface area contributed by atoms with Crippen molar-refractivity contribution >= 4 is 12.0 Å². The highest BCUT2D eigenvalue weighted by molar-refractivity contribution is 5.83. The number of hydrogen-bond acceptors (Lipinski definition) is 3. The Morgan fingerprint density at radius 2 is 1.90 bits per heavy atom. The van der Waals surface area contributed by atoms with Gasteiger partial charge in [0, 0.05) is 19.5 Å². The van der Waals surface area contributed by atoms with Crippen molar-refractivity contribution in [1.29, 1.82) is 0 Å². The van der Waals surface area contributed by atoms with E-state index in [1.54, 1.807) is 0 Å². The SMILES string of the molecule is CC1CCC(CCNC(=O)N2C[C@@H](O)C[C@H]2C(=O)O)CC1. The van der Waals surface area contributed by atoms with Crippen molar-refractivity contribution in [3.63, 3.8) is 0 Å². The zero-order valence-electron chi connectivity index (χ0n) is 12.6. The Morgan fingerprint density at radius 1 is 1.24 bits per heavy atom. The third-order valence-electron chi connectivity index (χ3n) is 4.79. The molecule has 0 spiro atoms. The van der Waals surface area contributed by atoms with Crippen LogP contribution < -0.4 is 5.32 Å². The van der Waals surface area contributed by atoms with Gasteiger partial charge in [-0.05, 0) is 18.3 Å². The van der Waals surface area contributed by atoms with E-state index in [1.165, 1.54) is 30.6 Å². The third kappa shape index (κ3) is 4.33. The summed E-state index contributed by atoms with van der Waals surface area (Å²) in [5.41, 5.74) is 0. The number of carbonyl (C=O) groups excluding carboxylic acids is 1. The van der Waals surface area contributed by atoms with Gasteiger partial charge in [-0.25, -0.2) is 9.59 Å². The van der Waals surface area contributed by atoms with Crippen LogP contribution in [0, 0.1) is 11.8 Å². The van der Waals surface area contributed by atoms with Gasteiger partial charge >= 0.3 is 12.0 Å². The lowest BCUT2D eigenvalue weighted by molar-refractivity contribution is -0.141. The predicted molar refractivity (Wildman–Crippen MR) is 77.9 cm³/mol. The van der Waals surface area contributed by atoms with Gasteiger partial charge in [-0.2, -0.15) is 0 Å². The predicted octanol–water partition coefficient (Wildman–Crippen LogP) is 1.43. The minimum Gasteiger partial charge on any atom is -0.480 e. The summed E-state index contributed by atoms with van der Waals surface area (Å²) in [6.45, 7) is 2.96. The first-order chi connectivity index (χ1) is 9.97. The minimum absolute atomic E-state index is 0.101. The van der Waals surface area contributed by atoms with Crippen molar-refractivity contribution in [3.8, 4) is 0 Å². The smallest absolute Gasteiger partial charge is 0.326 e. The number of likely N-dealkylation sites (tertiary alicyclic amines) is 1. The van der Waals surface area contributed by atoms with Crippen LogP contribution in [0.25, 0.3) is 0 Å². The lowest BCUT2D eigenvalue weighted by Gasteiger charge is -2.27. The number of aliphatic carboxylic acids is 1. The minimum atomic E-state index is -1.05. The molecule has 0 unspecified atom stereocenters. The van der Waals surface area contributed by atoms with Gasteiger partial charge < -0.3 is 20.4 Å². The van der Waals surface area contributed by atoms with E-state index in [4.69, 9.17) is 5.11 Å². The molecule has 2 aliphatic rings. The lowest BCUT2D eigenvalue weighted by atomic mass is 9.81. The maximum Gasteiger partial charge on any atom is 0.326 e. The van der Waals surface area contributed by atoms with Gasteiger partial charge in [-0.15, -0.1) is 0 Å². The Hall–Kier alpha value is -1.30. The molecule has 120 valence electrons. The average Bonchev–Trinajstić information content (AvgIpc) is 2.83. The number of nitrogens with one attached hydrogen (secondary N) is 1. The zero-order valence-corrected chi connectivity index (χ0v) is 12.6. The second-order valence-corrected chi connectivity index (χ2v) is 6.54. The molecule has 21 heavy (non-hydrogen) atoms. The quantitative estimate of drug-likeness (QED) is 0.732. The summed E-state index contributed by atoms with van der Waals surface area (Å²) in [6.07, 6.45) is 5.29. The first-order valence-electron chi connectivity index (χ1n) is 7.92. The fraction of sp³-hybridized carbons (Fsp3) is 0.867. The highest BCUT2D eigenvalue weighted by Crippen LogP contribution is 2.30. The largest absolute Gasteiger partial charge is 0.480 e. The number of aliphatic hydroxyl groups is 1. The van der Waals surface area contributed by atoms with Gasteiger partial charge in [0.15, 0.2) is 0 Å². The fourth-order valence-corrected chi connectivity index (χ4v) is 3.37. The van der Waals surface area contributed by atoms with Crippen LogP contribution in [0.3, 0.4) is 0 Å². The number of hydrogen-bond donors (Lipinski definition) is 3. The maximum atomic E-state index is 12.0. The Bertz CT molecular complexity index is 380. The van der Waals surface area contributed by atoms with Crippen molar-refractivity contribution in [3.05, 3.63) is 0 Å². The summed E-state index contributed by atoms with van der Waals surface area (Å²) >= 11 is 0. The normalized spacial score (nSPS) is 33.0. The molecule has 2 rings (SSSR count). The summed E-state index contributed by atoms with van der Waals surface area (Å²) in [5.74, 6) is 0.433. The van der Waals surface area contributed by atoms with Gasteiger partial charge in [0.25, 0.3) is 0 Å². The van der Waals surface area contributed by atoms with Gasteiger partial charge in [0.1, 0.15) is 6.04 Å². The molecule has 0 bridgehead atoms. The molecule has 0 radical (unpaired) electrons.